The number of sulfone groups is 1. The highest BCUT2D eigenvalue weighted by Crippen LogP contribution is 1.98. The molecule has 0 aromatic heterocycles. The Bertz CT molecular complexity index is 324. The summed E-state index contributed by atoms with van der Waals surface area (Å²) in [5.41, 5.74) is 5.48. The monoisotopic (exact) mass is 264 g/mol. The smallest absolute Gasteiger partial charge is 0.235 e. The SMILES string of the molecule is CC(C)CCNC(=O)CS(=O)(=O)CCC(C)N. The predicted molar refractivity (Wildman–Crippen MR) is 69.4 cm³/mol. The first-order valence-corrected chi connectivity index (χ1v) is 7.78. The largest absolute Gasteiger partial charge is 0.355 e. The lowest BCUT2D eigenvalue weighted by Gasteiger charge is -2.08. The molecule has 0 aromatic carbocycles. The van der Waals surface area contributed by atoms with Crippen molar-refractivity contribution in [3.05, 3.63) is 0 Å². The van der Waals surface area contributed by atoms with Crippen molar-refractivity contribution in [2.45, 2.75) is 39.7 Å². The van der Waals surface area contributed by atoms with Crippen LogP contribution in [-0.4, -0.2) is 38.4 Å². The Kier molecular flexibility index (Phi) is 7.38. The molecule has 0 saturated heterocycles. The first-order chi connectivity index (χ1) is 7.73. The van der Waals surface area contributed by atoms with Crippen LogP contribution in [0.5, 0.6) is 0 Å². The van der Waals surface area contributed by atoms with E-state index in [9.17, 15) is 13.2 Å². The molecule has 0 heterocycles. The molecule has 0 radical (unpaired) electrons. The van der Waals surface area contributed by atoms with Gasteiger partial charge in [0.2, 0.25) is 5.91 Å². The molecule has 102 valence electrons. The van der Waals surface area contributed by atoms with E-state index in [0.717, 1.165) is 6.42 Å². The Morgan fingerprint density at radius 1 is 1.24 bits per heavy atom. The van der Waals surface area contributed by atoms with Crippen molar-refractivity contribution in [2.24, 2.45) is 11.7 Å². The van der Waals surface area contributed by atoms with Crippen LogP contribution in [-0.2, 0) is 14.6 Å². The molecule has 17 heavy (non-hydrogen) atoms. The molecule has 3 N–H and O–H groups in total. The van der Waals surface area contributed by atoms with Crippen LogP contribution < -0.4 is 11.1 Å². The second-order valence-corrected chi connectivity index (χ2v) is 7.07. The zero-order valence-electron chi connectivity index (χ0n) is 10.9. The van der Waals surface area contributed by atoms with Gasteiger partial charge in [-0.15, -0.1) is 0 Å². The second kappa shape index (κ2) is 7.66. The maximum atomic E-state index is 11.5. The average Bonchev–Trinajstić information content (AvgIpc) is 2.13. The molecule has 1 unspecified atom stereocenters. The first kappa shape index (κ1) is 16.4. The summed E-state index contributed by atoms with van der Waals surface area (Å²) in [5, 5.41) is 2.61. The van der Waals surface area contributed by atoms with Gasteiger partial charge in [-0.25, -0.2) is 8.42 Å². The van der Waals surface area contributed by atoms with E-state index in [2.05, 4.69) is 5.32 Å². The van der Waals surface area contributed by atoms with Crippen molar-refractivity contribution >= 4 is 15.7 Å². The fourth-order valence-corrected chi connectivity index (χ4v) is 2.57. The number of nitrogens with two attached hydrogens (primary N) is 1. The zero-order valence-corrected chi connectivity index (χ0v) is 11.7. The molecular formula is C11H24N2O3S. The summed E-state index contributed by atoms with van der Waals surface area (Å²) in [6, 6.07) is -0.159. The van der Waals surface area contributed by atoms with E-state index in [0.29, 0.717) is 18.9 Å². The van der Waals surface area contributed by atoms with Gasteiger partial charge in [0.1, 0.15) is 5.75 Å². The van der Waals surface area contributed by atoms with Gasteiger partial charge in [0.25, 0.3) is 0 Å². The maximum Gasteiger partial charge on any atom is 0.235 e. The summed E-state index contributed by atoms with van der Waals surface area (Å²) >= 11 is 0. The van der Waals surface area contributed by atoms with Gasteiger partial charge in [-0.3, -0.25) is 4.79 Å². The van der Waals surface area contributed by atoms with E-state index in [1.54, 1.807) is 6.92 Å². The molecule has 0 fully saturated rings. The maximum absolute atomic E-state index is 11.5. The summed E-state index contributed by atoms with van der Waals surface area (Å²) < 4.78 is 23.1. The van der Waals surface area contributed by atoms with Crippen LogP contribution in [0.25, 0.3) is 0 Å². The molecule has 5 nitrogen and oxygen atoms in total. The minimum atomic E-state index is -3.32. The van der Waals surface area contributed by atoms with Gasteiger partial charge in [-0.2, -0.15) is 0 Å². The number of amides is 1. The van der Waals surface area contributed by atoms with Crippen LogP contribution in [0.2, 0.25) is 0 Å². The van der Waals surface area contributed by atoms with Crippen LogP contribution in [0.3, 0.4) is 0 Å². The van der Waals surface area contributed by atoms with Crippen LogP contribution in [0.4, 0.5) is 0 Å². The summed E-state index contributed by atoms with van der Waals surface area (Å²) in [6.45, 7) is 6.37. The molecule has 0 saturated carbocycles. The molecule has 1 atom stereocenters. The molecule has 0 bridgehead atoms. The van der Waals surface area contributed by atoms with Crippen LogP contribution in [0, 0.1) is 5.92 Å². The van der Waals surface area contributed by atoms with E-state index >= 15 is 0 Å². The third-order valence-corrected chi connectivity index (χ3v) is 3.84. The van der Waals surface area contributed by atoms with E-state index in [-0.39, 0.29) is 11.8 Å². The van der Waals surface area contributed by atoms with Crippen molar-refractivity contribution in [3.8, 4) is 0 Å². The quantitative estimate of drug-likeness (QED) is 0.660. The highest BCUT2D eigenvalue weighted by molar-refractivity contribution is 7.92. The van der Waals surface area contributed by atoms with Gasteiger partial charge in [-0.05, 0) is 25.7 Å². The Morgan fingerprint density at radius 2 is 1.82 bits per heavy atom. The number of hydrogen-bond donors (Lipinski definition) is 2. The van der Waals surface area contributed by atoms with Crippen molar-refractivity contribution in [1.29, 1.82) is 0 Å². The number of nitrogens with one attached hydrogen (secondary N) is 1. The normalized spacial score (nSPS) is 13.7. The van der Waals surface area contributed by atoms with Gasteiger partial charge in [-0.1, -0.05) is 13.8 Å². The molecule has 6 heteroatoms. The summed E-state index contributed by atoms with van der Waals surface area (Å²) in [4.78, 5) is 11.4. The third kappa shape index (κ3) is 10.3. The zero-order chi connectivity index (χ0) is 13.5. The van der Waals surface area contributed by atoms with Gasteiger partial charge >= 0.3 is 0 Å². The Balaban J connectivity index is 3.93. The lowest BCUT2D eigenvalue weighted by atomic mass is 10.1. The van der Waals surface area contributed by atoms with E-state index in [1.165, 1.54) is 0 Å². The van der Waals surface area contributed by atoms with E-state index in [1.807, 2.05) is 13.8 Å². The topological polar surface area (TPSA) is 89.3 Å². The second-order valence-electron chi connectivity index (χ2n) is 4.89. The summed E-state index contributed by atoms with van der Waals surface area (Å²) in [5.74, 6) is -0.389. The lowest BCUT2D eigenvalue weighted by molar-refractivity contribution is -0.118. The van der Waals surface area contributed by atoms with Crippen molar-refractivity contribution in [1.82, 2.24) is 5.32 Å². The molecule has 0 aliphatic heterocycles. The summed E-state index contributed by atoms with van der Waals surface area (Å²) in [6.07, 6.45) is 1.24. The van der Waals surface area contributed by atoms with E-state index in [4.69, 9.17) is 5.73 Å². The van der Waals surface area contributed by atoms with Crippen LogP contribution in [0.1, 0.15) is 33.6 Å². The number of rotatable bonds is 8. The average molecular weight is 264 g/mol. The minimum absolute atomic E-state index is 0.0255. The number of carbonyl (C=O) groups excluding carboxylic acids is 1. The Labute approximate surface area is 104 Å². The Hall–Kier alpha value is -0.620. The Morgan fingerprint density at radius 3 is 2.29 bits per heavy atom. The fourth-order valence-electron chi connectivity index (χ4n) is 1.19. The molecule has 1 amide bonds. The standard InChI is InChI=1S/C11H24N2O3S/c1-9(2)4-6-13-11(14)8-17(15,16)7-5-10(3)12/h9-10H,4-8,12H2,1-3H3,(H,13,14). The highest BCUT2D eigenvalue weighted by Gasteiger charge is 2.16. The van der Waals surface area contributed by atoms with Crippen LogP contribution >= 0.6 is 0 Å². The van der Waals surface area contributed by atoms with Gasteiger partial charge in [0.05, 0.1) is 5.75 Å². The molecule has 0 rings (SSSR count). The third-order valence-electron chi connectivity index (χ3n) is 2.28. The van der Waals surface area contributed by atoms with Gasteiger partial charge in [0, 0.05) is 12.6 Å². The predicted octanol–water partition coefficient (Wildman–Crippen LogP) is 0.301. The highest BCUT2D eigenvalue weighted by atomic mass is 32.2. The minimum Gasteiger partial charge on any atom is -0.355 e. The lowest BCUT2D eigenvalue weighted by Crippen LogP contribution is -2.33. The number of hydrogen-bond acceptors (Lipinski definition) is 4. The van der Waals surface area contributed by atoms with Crippen molar-refractivity contribution < 1.29 is 13.2 Å². The van der Waals surface area contributed by atoms with Crippen LogP contribution in [0.15, 0.2) is 0 Å². The molecule has 0 aliphatic carbocycles. The summed E-state index contributed by atoms with van der Waals surface area (Å²) in [7, 11) is -3.32. The molecule has 0 aliphatic rings. The molecular weight excluding hydrogens is 240 g/mol. The molecule has 0 spiro atoms. The molecule has 0 aromatic rings. The fraction of sp³-hybridized carbons (Fsp3) is 0.909. The van der Waals surface area contributed by atoms with Gasteiger partial charge < -0.3 is 11.1 Å². The van der Waals surface area contributed by atoms with Gasteiger partial charge in [0.15, 0.2) is 9.84 Å². The van der Waals surface area contributed by atoms with Crippen molar-refractivity contribution in [3.63, 3.8) is 0 Å². The first-order valence-electron chi connectivity index (χ1n) is 5.95. The van der Waals surface area contributed by atoms with Crippen molar-refractivity contribution in [2.75, 3.05) is 18.1 Å². The van der Waals surface area contributed by atoms with E-state index < -0.39 is 21.5 Å². The number of carbonyl (C=O) groups is 1.